The van der Waals surface area contributed by atoms with Crippen LogP contribution in [0.4, 0.5) is 0 Å². The zero-order valence-electron chi connectivity index (χ0n) is 13.6. The van der Waals surface area contributed by atoms with E-state index in [0.29, 0.717) is 0 Å². The van der Waals surface area contributed by atoms with E-state index in [2.05, 4.69) is 60.5 Å². The molecule has 0 radical (unpaired) electrons. The second-order valence-electron chi connectivity index (χ2n) is 6.63. The van der Waals surface area contributed by atoms with Crippen molar-refractivity contribution in [3.63, 3.8) is 0 Å². The van der Waals surface area contributed by atoms with Gasteiger partial charge in [0.25, 0.3) is 0 Å². The average Bonchev–Trinajstić information content (AvgIpc) is 2.97. The third-order valence-electron chi connectivity index (χ3n) is 5.35. The Bertz CT molecular complexity index is 963. The fraction of sp³-hybridized carbons (Fsp3) is 0.182. The Hall–Kier alpha value is -2.58. The van der Waals surface area contributed by atoms with Crippen LogP contribution < -0.4 is 0 Å². The van der Waals surface area contributed by atoms with E-state index in [4.69, 9.17) is 4.74 Å². The fourth-order valence-electron chi connectivity index (χ4n) is 4.13. The molecule has 0 fully saturated rings. The van der Waals surface area contributed by atoms with Crippen molar-refractivity contribution in [3.8, 4) is 0 Å². The summed E-state index contributed by atoms with van der Waals surface area (Å²) in [6.45, 7) is 9.98. The van der Waals surface area contributed by atoms with E-state index in [1.165, 1.54) is 38.7 Å². The number of allylic oxidation sites excluding steroid dienone is 1. The SMILES string of the molecule is C=CC1OCCC2=C1C=C1c3cc4ccccc4cc3CN1C2=C. The summed E-state index contributed by atoms with van der Waals surface area (Å²) < 4.78 is 5.87. The lowest BCUT2D eigenvalue weighted by atomic mass is 9.90. The first-order valence-corrected chi connectivity index (χ1v) is 8.44. The minimum Gasteiger partial charge on any atom is -0.369 e. The van der Waals surface area contributed by atoms with E-state index in [9.17, 15) is 0 Å². The van der Waals surface area contributed by atoms with E-state index < -0.39 is 0 Å². The molecule has 5 rings (SSSR count). The third kappa shape index (κ3) is 1.80. The molecule has 1 unspecified atom stereocenters. The normalized spacial score (nSPS) is 22.2. The summed E-state index contributed by atoms with van der Waals surface area (Å²) in [6.07, 6.45) is 5.09. The average molecular weight is 313 g/mol. The number of fused-ring (bicyclic) bond motifs is 4. The molecular formula is C22H19NO. The molecule has 3 aliphatic heterocycles. The number of hydrogen-bond acceptors (Lipinski definition) is 2. The predicted molar refractivity (Wildman–Crippen MR) is 98.2 cm³/mol. The minimum absolute atomic E-state index is 0.0235. The first-order chi connectivity index (χ1) is 11.8. The molecule has 0 aliphatic carbocycles. The van der Waals surface area contributed by atoms with Gasteiger partial charge < -0.3 is 9.64 Å². The maximum absolute atomic E-state index is 5.87. The molecule has 3 heterocycles. The summed E-state index contributed by atoms with van der Waals surface area (Å²) in [7, 11) is 0. The molecule has 0 spiro atoms. The fourth-order valence-corrected chi connectivity index (χ4v) is 4.13. The third-order valence-corrected chi connectivity index (χ3v) is 5.35. The number of nitrogens with zero attached hydrogens (tertiary/aromatic N) is 1. The largest absolute Gasteiger partial charge is 0.369 e. The van der Waals surface area contributed by atoms with Gasteiger partial charge in [0, 0.05) is 23.5 Å². The summed E-state index contributed by atoms with van der Waals surface area (Å²) in [5.41, 5.74) is 7.61. The van der Waals surface area contributed by atoms with Crippen LogP contribution >= 0.6 is 0 Å². The van der Waals surface area contributed by atoms with Crippen molar-refractivity contribution in [1.29, 1.82) is 0 Å². The molecule has 2 aromatic carbocycles. The van der Waals surface area contributed by atoms with E-state index in [0.717, 1.165) is 25.3 Å². The Kier molecular flexibility index (Phi) is 2.85. The van der Waals surface area contributed by atoms with Crippen LogP contribution in [0.1, 0.15) is 17.5 Å². The van der Waals surface area contributed by atoms with Gasteiger partial charge in [-0.2, -0.15) is 0 Å². The van der Waals surface area contributed by atoms with E-state index in [1.807, 2.05) is 6.08 Å². The molecule has 24 heavy (non-hydrogen) atoms. The number of ether oxygens (including phenoxy) is 1. The van der Waals surface area contributed by atoms with Crippen molar-refractivity contribution in [2.45, 2.75) is 19.1 Å². The molecule has 2 nitrogen and oxygen atoms in total. The molecule has 2 aromatic rings. The standard InChI is InChI=1S/C22H19NO/c1-3-22-20-12-21-19-11-16-7-5-4-6-15(16)10-17(19)13-23(21)14(2)18(20)8-9-24-22/h3-7,10-12,22H,1-2,8-9,13H2. The molecule has 0 aromatic heterocycles. The number of benzene rings is 2. The summed E-state index contributed by atoms with van der Waals surface area (Å²) in [4.78, 5) is 2.36. The second-order valence-corrected chi connectivity index (χ2v) is 6.63. The van der Waals surface area contributed by atoms with Gasteiger partial charge in [-0.25, -0.2) is 0 Å². The van der Waals surface area contributed by atoms with Gasteiger partial charge >= 0.3 is 0 Å². The zero-order valence-corrected chi connectivity index (χ0v) is 13.6. The highest BCUT2D eigenvalue weighted by atomic mass is 16.5. The van der Waals surface area contributed by atoms with Gasteiger partial charge in [0.15, 0.2) is 0 Å². The quantitative estimate of drug-likeness (QED) is 0.702. The molecule has 118 valence electrons. The van der Waals surface area contributed by atoms with Crippen LogP contribution in [0.15, 0.2) is 78.6 Å². The van der Waals surface area contributed by atoms with Gasteiger partial charge in [-0.1, -0.05) is 36.9 Å². The van der Waals surface area contributed by atoms with Gasteiger partial charge in [-0.05, 0) is 52.1 Å². The van der Waals surface area contributed by atoms with Gasteiger partial charge in [0.05, 0.1) is 6.61 Å². The van der Waals surface area contributed by atoms with Crippen molar-refractivity contribution < 1.29 is 4.74 Å². The molecule has 1 atom stereocenters. The maximum Gasteiger partial charge on any atom is 0.101 e. The van der Waals surface area contributed by atoms with Crippen LogP contribution in [0, 0.1) is 0 Å². The molecular weight excluding hydrogens is 294 g/mol. The molecule has 0 amide bonds. The topological polar surface area (TPSA) is 12.5 Å². The van der Waals surface area contributed by atoms with Crippen molar-refractivity contribution in [2.75, 3.05) is 6.61 Å². The van der Waals surface area contributed by atoms with Crippen molar-refractivity contribution in [1.82, 2.24) is 4.90 Å². The summed E-state index contributed by atoms with van der Waals surface area (Å²) in [5, 5.41) is 2.58. The summed E-state index contributed by atoms with van der Waals surface area (Å²) >= 11 is 0. The molecule has 0 saturated heterocycles. The van der Waals surface area contributed by atoms with Crippen LogP contribution in [0.5, 0.6) is 0 Å². The summed E-state index contributed by atoms with van der Waals surface area (Å²) in [6, 6.07) is 13.2. The molecule has 0 saturated carbocycles. The van der Waals surface area contributed by atoms with Crippen molar-refractivity contribution in [2.24, 2.45) is 0 Å². The Balaban J connectivity index is 1.71. The van der Waals surface area contributed by atoms with E-state index >= 15 is 0 Å². The zero-order chi connectivity index (χ0) is 16.3. The van der Waals surface area contributed by atoms with Crippen LogP contribution in [0.2, 0.25) is 0 Å². The van der Waals surface area contributed by atoms with E-state index in [1.54, 1.807) is 0 Å². The predicted octanol–water partition coefficient (Wildman–Crippen LogP) is 4.80. The van der Waals surface area contributed by atoms with Crippen LogP contribution in [0.3, 0.4) is 0 Å². The van der Waals surface area contributed by atoms with Crippen LogP contribution in [0.25, 0.3) is 16.5 Å². The molecule has 3 aliphatic rings. The Morgan fingerprint density at radius 2 is 1.96 bits per heavy atom. The molecule has 0 bridgehead atoms. The monoisotopic (exact) mass is 313 g/mol. The van der Waals surface area contributed by atoms with E-state index in [-0.39, 0.29) is 6.10 Å². The number of hydrogen-bond donors (Lipinski definition) is 0. The van der Waals surface area contributed by atoms with Gasteiger partial charge in [0.1, 0.15) is 6.10 Å². The highest BCUT2D eigenvalue weighted by Crippen LogP contribution is 2.45. The molecule has 0 N–H and O–H groups in total. The Labute approximate surface area is 142 Å². The Morgan fingerprint density at radius 3 is 2.75 bits per heavy atom. The lowest BCUT2D eigenvalue weighted by molar-refractivity contribution is 0.0997. The first kappa shape index (κ1) is 13.8. The molecule has 2 heteroatoms. The highest BCUT2D eigenvalue weighted by Gasteiger charge is 2.34. The van der Waals surface area contributed by atoms with Crippen LogP contribution in [-0.4, -0.2) is 17.6 Å². The van der Waals surface area contributed by atoms with Crippen molar-refractivity contribution >= 4 is 16.5 Å². The smallest absolute Gasteiger partial charge is 0.101 e. The van der Waals surface area contributed by atoms with Gasteiger partial charge in [0.2, 0.25) is 0 Å². The first-order valence-electron chi connectivity index (χ1n) is 8.44. The maximum atomic E-state index is 5.87. The highest BCUT2D eigenvalue weighted by molar-refractivity contribution is 5.90. The summed E-state index contributed by atoms with van der Waals surface area (Å²) in [5.74, 6) is 0. The lowest BCUT2D eigenvalue weighted by Crippen LogP contribution is -2.28. The lowest BCUT2D eigenvalue weighted by Gasteiger charge is -2.35. The second kappa shape index (κ2) is 4.96. The Morgan fingerprint density at radius 1 is 1.17 bits per heavy atom. The van der Waals surface area contributed by atoms with Gasteiger partial charge in [-0.15, -0.1) is 6.58 Å². The van der Waals surface area contributed by atoms with Crippen molar-refractivity contribution in [3.05, 3.63) is 89.7 Å². The van der Waals surface area contributed by atoms with Gasteiger partial charge in [-0.3, -0.25) is 0 Å². The minimum atomic E-state index is -0.0235. The van der Waals surface area contributed by atoms with Crippen LogP contribution in [-0.2, 0) is 11.3 Å². The number of rotatable bonds is 1.